The van der Waals surface area contributed by atoms with Crippen LogP contribution in [0.15, 0.2) is 42.5 Å². The highest BCUT2D eigenvalue weighted by Crippen LogP contribution is 2.43. The molecule has 3 heterocycles. The predicted octanol–water partition coefficient (Wildman–Crippen LogP) is 1.97. The minimum atomic E-state index is -0.136. The second-order valence-corrected chi connectivity index (χ2v) is 9.10. The average Bonchev–Trinajstić information content (AvgIpc) is 3.45. The number of ether oxygens (including phenoxy) is 1. The smallest absolute Gasteiger partial charge is 0.238 e. The Morgan fingerprint density at radius 3 is 2.54 bits per heavy atom. The molecule has 2 saturated heterocycles. The van der Waals surface area contributed by atoms with E-state index in [-0.39, 0.29) is 18.2 Å². The Hall–Kier alpha value is -3.53. The van der Waals surface area contributed by atoms with Crippen LogP contribution < -0.4 is 15.5 Å². The first-order chi connectivity index (χ1) is 17.2. The van der Waals surface area contributed by atoms with Crippen LogP contribution in [0.2, 0.25) is 0 Å². The molecule has 3 aromatic rings. The molecule has 0 unspecified atom stereocenters. The number of fused-ring (bicyclic) bond motifs is 3. The fourth-order valence-corrected chi connectivity index (χ4v) is 5.10. The van der Waals surface area contributed by atoms with E-state index in [1.807, 2.05) is 24.3 Å². The lowest BCUT2D eigenvalue weighted by atomic mass is 10.0. The largest absolute Gasteiger partial charge is 0.379 e. The highest BCUT2D eigenvalue weighted by molar-refractivity contribution is 6.27. The number of benzene rings is 2. The van der Waals surface area contributed by atoms with Gasteiger partial charge in [0.25, 0.3) is 0 Å². The predicted molar refractivity (Wildman–Crippen MR) is 134 cm³/mol. The van der Waals surface area contributed by atoms with Crippen LogP contribution in [0.1, 0.15) is 15.9 Å². The summed E-state index contributed by atoms with van der Waals surface area (Å²) in [5.74, 6) is -0.255. The Morgan fingerprint density at radius 2 is 1.77 bits per heavy atom. The Bertz CT molecular complexity index is 1260. The van der Waals surface area contributed by atoms with Gasteiger partial charge in [-0.15, -0.1) is 0 Å². The van der Waals surface area contributed by atoms with Crippen LogP contribution >= 0.6 is 0 Å². The molecule has 6 rings (SSSR count). The van der Waals surface area contributed by atoms with Crippen molar-refractivity contribution in [2.75, 3.05) is 69.2 Å². The van der Waals surface area contributed by atoms with Crippen molar-refractivity contribution in [3.8, 4) is 22.5 Å². The van der Waals surface area contributed by atoms with Crippen molar-refractivity contribution in [2.45, 2.75) is 0 Å². The minimum Gasteiger partial charge on any atom is -0.379 e. The van der Waals surface area contributed by atoms with E-state index >= 15 is 0 Å². The van der Waals surface area contributed by atoms with Gasteiger partial charge in [0.05, 0.1) is 42.3 Å². The zero-order valence-electron chi connectivity index (χ0n) is 19.5. The summed E-state index contributed by atoms with van der Waals surface area (Å²) in [7, 11) is 0. The van der Waals surface area contributed by atoms with Gasteiger partial charge >= 0.3 is 0 Å². The van der Waals surface area contributed by atoms with E-state index in [0.717, 1.165) is 50.4 Å². The van der Waals surface area contributed by atoms with E-state index in [4.69, 9.17) is 4.74 Å². The fourth-order valence-electron chi connectivity index (χ4n) is 5.10. The standard InChI is InChI=1S/C26H28N6O3/c33-21(16-31-12-14-35-15-13-31)28-20-3-1-2-19-22(20)26(34)23-24(29-30-25(19)23)17-4-6-18(7-5-17)32-10-8-27-9-11-32/h1-7,27H,8-16H2,(H,28,33)(H,29,30). The van der Waals surface area contributed by atoms with Crippen LogP contribution in [0.4, 0.5) is 11.4 Å². The van der Waals surface area contributed by atoms with E-state index in [0.29, 0.717) is 41.4 Å². The molecule has 1 amide bonds. The highest BCUT2D eigenvalue weighted by atomic mass is 16.5. The van der Waals surface area contributed by atoms with Crippen LogP contribution in [-0.4, -0.2) is 85.8 Å². The number of carbonyl (C=O) groups is 2. The number of ketones is 1. The first-order valence-corrected chi connectivity index (χ1v) is 12.1. The van der Waals surface area contributed by atoms with Crippen LogP contribution in [0.5, 0.6) is 0 Å². The van der Waals surface area contributed by atoms with E-state index in [1.54, 1.807) is 6.07 Å². The van der Waals surface area contributed by atoms with Gasteiger partial charge in [0.2, 0.25) is 5.91 Å². The van der Waals surface area contributed by atoms with Crippen LogP contribution in [0.25, 0.3) is 22.5 Å². The molecule has 2 fully saturated rings. The Kier molecular flexibility index (Phi) is 5.81. The van der Waals surface area contributed by atoms with Gasteiger partial charge in [0, 0.05) is 56.1 Å². The summed E-state index contributed by atoms with van der Waals surface area (Å²) >= 11 is 0. The third-order valence-corrected chi connectivity index (χ3v) is 6.92. The fraction of sp³-hybridized carbons (Fsp3) is 0.346. The zero-order chi connectivity index (χ0) is 23.8. The molecule has 1 aliphatic carbocycles. The van der Waals surface area contributed by atoms with Crippen LogP contribution in [0, 0.1) is 0 Å². The number of carbonyl (C=O) groups excluding carboxylic acids is 2. The molecule has 180 valence electrons. The average molecular weight is 473 g/mol. The SMILES string of the molecule is O=C(CN1CCOCC1)Nc1cccc2c1C(=O)c1c-2n[nH]c1-c1ccc(N2CCNCC2)cc1. The molecule has 3 aliphatic rings. The first kappa shape index (κ1) is 22.0. The van der Waals surface area contributed by atoms with Gasteiger partial charge in [-0.2, -0.15) is 5.10 Å². The summed E-state index contributed by atoms with van der Waals surface area (Å²) in [5.41, 5.74) is 5.77. The van der Waals surface area contributed by atoms with Gasteiger partial charge in [-0.3, -0.25) is 19.6 Å². The van der Waals surface area contributed by atoms with Crippen molar-refractivity contribution in [1.29, 1.82) is 0 Å². The summed E-state index contributed by atoms with van der Waals surface area (Å²) in [6.07, 6.45) is 0. The molecule has 0 saturated carbocycles. The lowest BCUT2D eigenvalue weighted by molar-refractivity contribution is -0.118. The van der Waals surface area contributed by atoms with Gasteiger partial charge in [0.1, 0.15) is 5.69 Å². The Balaban J connectivity index is 1.24. The number of morpholine rings is 1. The van der Waals surface area contributed by atoms with Crippen molar-refractivity contribution in [3.05, 3.63) is 53.6 Å². The number of aromatic amines is 1. The number of anilines is 2. The number of hydrogen-bond acceptors (Lipinski definition) is 7. The molecule has 0 radical (unpaired) electrons. The first-order valence-electron chi connectivity index (χ1n) is 12.1. The highest BCUT2D eigenvalue weighted by Gasteiger charge is 2.35. The summed E-state index contributed by atoms with van der Waals surface area (Å²) in [5, 5.41) is 13.9. The maximum absolute atomic E-state index is 13.6. The van der Waals surface area contributed by atoms with E-state index < -0.39 is 0 Å². The molecule has 2 aromatic carbocycles. The number of H-pyrrole nitrogens is 1. The van der Waals surface area contributed by atoms with Gasteiger partial charge in [-0.1, -0.05) is 24.3 Å². The second kappa shape index (κ2) is 9.26. The van der Waals surface area contributed by atoms with E-state index in [9.17, 15) is 9.59 Å². The van der Waals surface area contributed by atoms with Gasteiger partial charge in [-0.05, 0) is 18.2 Å². The molecule has 9 nitrogen and oxygen atoms in total. The van der Waals surface area contributed by atoms with Gasteiger partial charge < -0.3 is 20.3 Å². The maximum atomic E-state index is 13.6. The van der Waals surface area contributed by atoms with E-state index in [2.05, 4.69) is 42.8 Å². The quantitative estimate of drug-likeness (QED) is 0.408. The summed E-state index contributed by atoms with van der Waals surface area (Å²) < 4.78 is 5.35. The number of piperazine rings is 1. The number of nitrogens with one attached hydrogen (secondary N) is 3. The summed E-state index contributed by atoms with van der Waals surface area (Å²) in [6.45, 7) is 6.91. The van der Waals surface area contributed by atoms with Crippen molar-refractivity contribution in [2.24, 2.45) is 0 Å². The third kappa shape index (κ3) is 4.12. The molecule has 9 heteroatoms. The summed E-state index contributed by atoms with van der Waals surface area (Å²) in [6, 6.07) is 13.8. The van der Waals surface area contributed by atoms with E-state index in [1.165, 1.54) is 5.69 Å². The molecule has 2 aliphatic heterocycles. The number of aromatic nitrogens is 2. The van der Waals surface area contributed by atoms with Crippen molar-refractivity contribution < 1.29 is 14.3 Å². The van der Waals surface area contributed by atoms with Crippen molar-refractivity contribution in [1.82, 2.24) is 20.4 Å². The molecule has 0 spiro atoms. The van der Waals surface area contributed by atoms with Crippen molar-refractivity contribution >= 4 is 23.1 Å². The lowest BCUT2D eigenvalue weighted by Gasteiger charge is -2.29. The monoisotopic (exact) mass is 472 g/mol. The minimum absolute atomic E-state index is 0.118. The second-order valence-electron chi connectivity index (χ2n) is 9.10. The molecule has 1 aromatic heterocycles. The zero-order valence-corrected chi connectivity index (χ0v) is 19.5. The number of hydrogen-bond donors (Lipinski definition) is 3. The molecular weight excluding hydrogens is 444 g/mol. The lowest BCUT2D eigenvalue weighted by Crippen LogP contribution is -2.43. The summed E-state index contributed by atoms with van der Waals surface area (Å²) in [4.78, 5) is 30.7. The van der Waals surface area contributed by atoms with Crippen molar-refractivity contribution in [3.63, 3.8) is 0 Å². The van der Waals surface area contributed by atoms with Gasteiger partial charge in [0.15, 0.2) is 5.78 Å². The molecule has 0 atom stereocenters. The van der Waals surface area contributed by atoms with Crippen LogP contribution in [-0.2, 0) is 9.53 Å². The normalized spacial score (nSPS) is 17.8. The molecule has 3 N–H and O–H groups in total. The molecule has 35 heavy (non-hydrogen) atoms. The number of amides is 1. The van der Waals surface area contributed by atoms with Crippen LogP contribution in [0.3, 0.4) is 0 Å². The maximum Gasteiger partial charge on any atom is 0.238 e. The third-order valence-electron chi connectivity index (χ3n) is 6.92. The Morgan fingerprint density at radius 1 is 1.00 bits per heavy atom. The Labute approximate surface area is 203 Å². The number of nitrogens with zero attached hydrogens (tertiary/aromatic N) is 3. The topological polar surface area (TPSA) is 103 Å². The number of rotatable bonds is 5. The van der Waals surface area contributed by atoms with Gasteiger partial charge in [-0.25, -0.2) is 0 Å². The molecular formula is C26H28N6O3. The molecule has 0 bridgehead atoms.